The van der Waals surface area contributed by atoms with Gasteiger partial charge in [-0.1, -0.05) is 30.3 Å². The number of rotatable bonds is 3. The molecule has 2 unspecified atom stereocenters. The summed E-state index contributed by atoms with van der Waals surface area (Å²) in [7, 11) is 0. The van der Waals surface area contributed by atoms with Gasteiger partial charge in [-0.25, -0.2) is 0 Å². The lowest BCUT2D eigenvalue weighted by Crippen LogP contribution is -2.11. The number of aliphatic hydroxyl groups is 1. The van der Waals surface area contributed by atoms with E-state index in [0.29, 0.717) is 0 Å². The lowest BCUT2D eigenvalue weighted by Gasteiger charge is -2.13. The van der Waals surface area contributed by atoms with Gasteiger partial charge in [0.1, 0.15) is 0 Å². The molecule has 0 amide bonds. The average molecular weight is 196 g/mol. The van der Waals surface area contributed by atoms with Gasteiger partial charge in [-0.05, 0) is 5.56 Å². The highest BCUT2D eigenvalue weighted by Gasteiger charge is 2.18. The zero-order valence-electron chi connectivity index (χ0n) is 7.02. The quantitative estimate of drug-likeness (QED) is 0.751. The van der Waals surface area contributed by atoms with E-state index in [-0.39, 0.29) is 5.88 Å². The second-order valence-corrected chi connectivity index (χ2v) is 3.05. The standard InChI is InChI=1S/C10H10ClNO/c11-6-9(7-12)10(13)8-4-2-1-3-5-8/h1-5,9-10,13H,6H2. The van der Waals surface area contributed by atoms with Crippen LogP contribution < -0.4 is 0 Å². The number of nitriles is 1. The number of benzene rings is 1. The van der Waals surface area contributed by atoms with Gasteiger partial charge in [0, 0.05) is 5.88 Å². The Morgan fingerprint density at radius 3 is 2.46 bits per heavy atom. The number of hydrogen-bond acceptors (Lipinski definition) is 2. The maximum Gasteiger partial charge on any atom is 0.0959 e. The van der Waals surface area contributed by atoms with Crippen molar-refractivity contribution in [1.82, 2.24) is 0 Å². The monoisotopic (exact) mass is 195 g/mol. The zero-order chi connectivity index (χ0) is 9.68. The summed E-state index contributed by atoms with van der Waals surface area (Å²) >= 11 is 5.53. The van der Waals surface area contributed by atoms with Gasteiger partial charge in [0.25, 0.3) is 0 Å². The molecule has 68 valence electrons. The molecule has 3 heteroatoms. The fourth-order valence-electron chi connectivity index (χ4n) is 1.07. The van der Waals surface area contributed by atoms with Crippen LogP contribution in [0.4, 0.5) is 0 Å². The van der Waals surface area contributed by atoms with Gasteiger partial charge in [-0.15, -0.1) is 11.6 Å². The first kappa shape index (κ1) is 10.0. The molecule has 0 saturated carbocycles. The van der Waals surface area contributed by atoms with Gasteiger partial charge in [0.2, 0.25) is 0 Å². The van der Waals surface area contributed by atoms with Crippen molar-refractivity contribution in [2.24, 2.45) is 5.92 Å². The van der Waals surface area contributed by atoms with Crippen LogP contribution in [0.3, 0.4) is 0 Å². The number of hydrogen-bond donors (Lipinski definition) is 1. The molecule has 0 aliphatic heterocycles. The van der Waals surface area contributed by atoms with Crippen LogP contribution in [0.5, 0.6) is 0 Å². The van der Waals surface area contributed by atoms with Crippen molar-refractivity contribution >= 4 is 11.6 Å². The Labute approximate surface area is 82.4 Å². The molecule has 1 rings (SSSR count). The molecule has 0 heterocycles. The van der Waals surface area contributed by atoms with Crippen LogP contribution in [-0.2, 0) is 0 Å². The van der Waals surface area contributed by atoms with E-state index in [0.717, 1.165) is 5.56 Å². The third-order valence-electron chi connectivity index (χ3n) is 1.85. The molecule has 0 fully saturated rings. The lowest BCUT2D eigenvalue weighted by atomic mass is 9.99. The Hall–Kier alpha value is -1.04. The number of alkyl halides is 1. The van der Waals surface area contributed by atoms with Crippen LogP contribution in [0.2, 0.25) is 0 Å². The summed E-state index contributed by atoms with van der Waals surface area (Å²) < 4.78 is 0. The first-order chi connectivity index (χ1) is 6.29. The van der Waals surface area contributed by atoms with Crippen LogP contribution in [-0.4, -0.2) is 11.0 Å². The Bertz CT molecular complexity index is 294. The SMILES string of the molecule is N#CC(CCl)C(O)c1ccccc1. The molecule has 1 aromatic rings. The van der Waals surface area contributed by atoms with Crippen molar-refractivity contribution in [3.8, 4) is 6.07 Å². The molecule has 0 radical (unpaired) electrons. The summed E-state index contributed by atoms with van der Waals surface area (Å²) in [6.45, 7) is 0. The van der Waals surface area contributed by atoms with Crippen LogP contribution in [0.1, 0.15) is 11.7 Å². The van der Waals surface area contributed by atoms with Gasteiger partial charge >= 0.3 is 0 Å². The summed E-state index contributed by atoms with van der Waals surface area (Å²) in [6.07, 6.45) is -0.788. The van der Waals surface area contributed by atoms with Gasteiger partial charge in [-0.2, -0.15) is 5.26 Å². The first-order valence-electron chi connectivity index (χ1n) is 3.98. The Morgan fingerprint density at radius 1 is 1.38 bits per heavy atom. The predicted molar refractivity (Wildman–Crippen MR) is 51.2 cm³/mol. The van der Waals surface area contributed by atoms with Crippen LogP contribution in [0, 0.1) is 17.2 Å². The van der Waals surface area contributed by atoms with E-state index in [1.54, 1.807) is 12.1 Å². The van der Waals surface area contributed by atoms with Gasteiger partial charge in [0.05, 0.1) is 18.1 Å². The molecule has 0 aliphatic rings. The van der Waals surface area contributed by atoms with Gasteiger partial charge in [0.15, 0.2) is 0 Å². The highest BCUT2D eigenvalue weighted by Crippen LogP contribution is 2.21. The molecule has 13 heavy (non-hydrogen) atoms. The maximum absolute atomic E-state index is 9.67. The van der Waals surface area contributed by atoms with E-state index in [2.05, 4.69) is 0 Å². The Kier molecular flexibility index (Phi) is 3.75. The Morgan fingerprint density at radius 2 is 2.00 bits per heavy atom. The lowest BCUT2D eigenvalue weighted by molar-refractivity contribution is 0.144. The van der Waals surface area contributed by atoms with E-state index in [1.165, 1.54) is 0 Å². The molecule has 2 nitrogen and oxygen atoms in total. The van der Waals surface area contributed by atoms with E-state index in [1.807, 2.05) is 24.3 Å². The molecule has 0 aliphatic carbocycles. The molecule has 0 aromatic heterocycles. The molecule has 0 bridgehead atoms. The molecular weight excluding hydrogens is 186 g/mol. The van der Waals surface area contributed by atoms with Crippen molar-refractivity contribution in [1.29, 1.82) is 5.26 Å². The number of aliphatic hydroxyl groups excluding tert-OH is 1. The van der Waals surface area contributed by atoms with Crippen molar-refractivity contribution in [3.05, 3.63) is 35.9 Å². The minimum Gasteiger partial charge on any atom is -0.387 e. The predicted octanol–water partition coefficient (Wildman–Crippen LogP) is 2.10. The van der Waals surface area contributed by atoms with Crippen molar-refractivity contribution in [2.75, 3.05) is 5.88 Å². The topological polar surface area (TPSA) is 44.0 Å². The molecular formula is C10H10ClNO. The minimum atomic E-state index is -0.788. The molecule has 0 spiro atoms. The fourth-order valence-corrected chi connectivity index (χ4v) is 1.31. The summed E-state index contributed by atoms with van der Waals surface area (Å²) in [5, 5.41) is 18.3. The number of halogens is 1. The van der Waals surface area contributed by atoms with Crippen molar-refractivity contribution in [2.45, 2.75) is 6.10 Å². The molecule has 2 atom stereocenters. The smallest absolute Gasteiger partial charge is 0.0959 e. The summed E-state index contributed by atoms with van der Waals surface area (Å²) in [4.78, 5) is 0. The zero-order valence-corrected chi connectivity index (χ0v) is 7.78. The summed E-state index contributed by atoms with van der Waals surface area (Å²) in [5.74, 6) is -0.393. The fraction of sp³-hybridized carbons (Fsp3) is 0.300. The summed E-state index contributed by atoms with van der Waals surface area (Å²) in [5.41, 5.74) is 0.731. The molecule has 1 N–H and O–H groups in total. The van der Waals surface area contributed by atoms with Crippen LogP contribution >= 0.6 is 11.6 Å². The highest BCUT2D eigenvalue weighted by molar-refractivity contribution is 6.18. The van der Waals surface area contributed by atoms with E-state index in [4.69, 9.17) is 16.9 Å². The average Bonchev–Trinajstić information content (AvgIpc) is 2.21. The van der Waals surface area contributed by atoms with Gasteiger partial charge in [-0.3, -0.25) is 0 Å². The first-order valence-corrected chi connectivity index (χ1v) is 4.51. The van der Waals surface area contributed by atoms with Gasteiger partial charge < -0.3 is 5.11 Å². The van der Waals surface area contributed by atoms with E-state index in [9.17, 15) is 5.11 Å². The largest absolute Gasteiger partial charge is 0.387 e. The maximum atomic E-state index is 9.67. The second kappa shape index (κ2) is 4.86. The molecule has 0 saturated heterocycles. The number of nitrogens with zero attached hydrogens (tertiary/aromatic N) is 1. The van der Waals surface area contributed by atoms with E-state index >= 15 is 0 Å². The van der Waals surface area contributed by atoms with Crippen molar-refractivity contribution < 1.29 is 5.11 Å². The molecule has 1 aromatic carbocycles. The normalized spacial score (nSPS) is 14.5. The third-order valence-corrected chi connectivity index (χ3v) is 2.19. The van der Waals surface area contributed by atoms with Crippen LogP contribution in [0.15, 0.2) is 30.3 Å². The minimum absolute atomic E-state index is 0.145. The third kappa shape index (κ3) is 2.45. The van der Waals surface area contributed by atoms with Crippen LogP contribution in [0.25, 0.3) is 0 Å². The van der Waals surface area contributed by atoms with Crippen molar-refractivity contribution in [3.63, 3.8) is 0 Å². The van der Waals surface area contributed by atoms with E-state index < -0.39 is 12.0 Å². The Balaban J connectivity index is 2.79. The highest BCUT2D eigenvalue weighted by atomic mass is 35.5. The second-order valence-electron chi connectivity index (χ2n) is 2.75. The summed E-state index contributed by atoms with van der Waals surface area (Å²) in [6, 6.07) is 11.0.